The SMILES string of the molecule is C=CCc1ccc(OCC(=O)N2C(C)CCCC2C)c(OC)c1. The molecule has 2 atom stereocenters. The first-order valence-corrected chi connectivity index (χ1v) is 8.28. The monoisotopic (exact) mass is 317 g/mol. The molecule has 1 aromatic carbocycles. The molecule has 1 fully saturated rings. The lowest BCUT2D eigenvalue weighted by atomic mass is 9.97. The van der Waals surface area contributed by atoms with Crippen molar-refractivity contribution in [3.63, 3.8) is 0 Å². The van der Waals surface area contributed by atoms with E-state index < -0.39 is 0 Å². The molecule has 0 spiro atoms. The lowest BCUT2D eigenvalue weighted by Crippen LogP contribution is -2.49. The van der Waals surface area contributed by atoms with E-state index >= 15 is 0 Å². The van der Waals surface area contributed by atoms with Crippen molar-refractivity contribution in [1.29, 1.82) is 0 Å². The van der Waals surface area contributed by atoms with Crippen molar-refractivity contribution in [3.05, 3.63) is 36.4 Å². The van der Waals surface area contributed by atoms with Crippen LogP contribution >= 0.6 is 0 Å². The Labute approximate surface area is 139 Å². The summed E-state index contributed by atoms with van der Waals surface area (Å²) >= 11 is 0. The van der Waals surface area contributed by atoms with Gasteiger partial charge in [0.2, 0.25) is 0 Å². The van der Waals surface area contributed by atoms with Gasteiger partial charge >= 0.3 is 0 Å². The lowest BCUT2D eigenvalue weighted by molar-refractivity contribution is -0.139. The maximum Gasteiger partial charge on any atom is 0.260 e. The number of carbonyl (C=O) groups excluding carboxylic acids is 1. The van der Waals surface area contributed by atoms with E-state index in [0.29, 0.717) is 11.5 Å². The van der Waals surface area contributed by atoms with E-state index in [0.717, 1.165) is 24.8 Å². The predicted molar refractivity (Wildman–Crippen MR) is 92.0 cm³/mol. The topological polar surface area (TPSA) is 38.8 Å². The number of likely N-dealkylation sites (tertiary alicyclic amines) is 1. The molecule has 23 heavy (non-hydrogen) atoms. The molecule has 0 aliphatic carbocycles. The van der Waals surface area contributed by atoms with Crippen LogP contribution in [0.4, 0.5) is 0 Å². The van der Waals surface area contributed by atoms with E-state index in [1.54, 1.807) is 7.11 Å². The summed E-state index contributed by atoms with van der Waals surface area (Å²) in [6, 6.07) is 6.32. The fraction of sp³-hybridized carbons (Fsp3) is 0.526. The van der Waals surface area contributed by atoms with Crippen LogP contribution in [0.2, 0.25) is 0 Å². The van der Waals surface area contributed by atoms with Gasteiger partial charge in [-0.2, -0.15) is 0 Å². The fourth-order valence-electron chi connectivity index (χ4n) is 3.25. The minimum Gasteiger partial charge on any atom is -0.493 e. The molecule has 0 radical (unpaired) electrons. The number of carbonyl (C=O) groups is 1. The average molecular weight is 317 g/mol. The highest BCUT2D eigenvalue weighted by atomic mass is 16.5. The van der Waals surface area contributed by atoms with Crippen LogP contribution in [0.3, 0.4) is 0 Å². The number of benzene rings is 1. The number of ether oxygens (including phenoxy) is 2. The zero-order valence-electron chi connectivity index (χ0n) is 14.4. The van der Waals surface area contributed by atoms with Crippen molar-refractivity contribution in [2.45, 2.75) is 51.6 Å². The van der Waals surface area contributed by atoms with Crippen LogP contribution in [0.15, 0.2) is 30.9 Å². The van der Waals surface area contributed by atoms with Gasteiger partial charge in [-0.15, -0.1) is 6.58 Å². The van der Waals surface area contributed by atoms with Crippen molar-refractivity contribution in [1.82, 2.24) is 4.90 Å². The van der Waals surface area contributed by atoms with E-state index in [2.05, 4.69) is 20.4 Å². The van der Waals surface area contributed by atoms with Gasteiger partial charge in [-0.25, -0.2) is 0 Å². The third kappa shape index (κ3) is 4.27. The van der Waals surface area contributed by atoms with Gasteiger partial charge in [-0.1, -0.05) is 12.1 Å². The standard InChI is InChI=1S/C19H27NO3/c1-5-7-16-10-11-17(18(12-16)22-4)23-13-19(21)20-14(2)8-6-9-15(20)3/h5,10-12,14-15H,1,6-9,13H2,2-4H3. The first kappa shape index (κ1) is 17.4. The van der Waals surface area contributed by atoms with Gasteiger partial charge in [0.15, 0.2) is 18.1 Å². The summed E-state index contributed by atoms with van der Waals surface area (Å²) in [5.74, 6) is 1.30. The van der Waals surface area contributed by atoms with Crippen LogP contribution in [0.5, 0.6) is 11.5 Å². The minimum absolute atomic E-state index is 0.0434. The molecule has 1 heterocycles. The summed E-state index contributed by atoms with van der Waals surface area (Å²) in [6.45, 7) is 8.00. The molecule has 1 aliphatic rings. The molecule has 2 unspecified atom stereocenters. The number of piperidine rings is 1. The highest BCUT2D eigenvalue weighted by Crippen LogP contribution is 2.29. The van der Waals surface area contributed by atoms with Gasteiger partial charge in [-0.05, 0) is 57.2 Å². The molecule has 0 N–H and O–H groups in total. The summed E-state index contributed by atoms with van der Waals surface area (Å²) in [7, 11) is 1.61. The fourth-order valence-corrected chi connectivity index (χ4v) is 3.25. The first-order valence-electron chi connectivity index (χ1n) is 8.28. The van der Waals surface area contributed by atoms with Gasteiger partial charge < -0.3 is 14.4 Å². The molecule has 1 saturated heterocycles. The number of rotatable bonds is 6. The second-order valence-electron chi connectivity index (χ2n) is 6.20. The van der Waals surface area contributed by atoms with E-state index in [-0.39, 0.29) is 24.6 Å². The van der Waals surface area contributed by atoms with Gasteiger partial charge in [0.05, 0.1) is 7.11 Å². The van der Waals surface area contributed by atoms with Gasteiger partial charge in [0, 0.05) is 12.1 Å². The summed E-state index contributed by atoms with van der Waals surface area (Å²) in [5, 5.41) is 0. The molecule has 4 heteroatoms. The Morgan fingerprint density at radius 1 is 1.30 bits per heavy atom. The summed E-state index contributed by atoms with van der Waals surface area (Å²) in [6.07, 6.45) is 5.94. The van der Waals surface area contributed by atoms with Crippen LogP contribution in [0.25, 0.3) is 0 Å². The van der Waals surface area contributed by atoms with Crippen LogP contribution in [0.1, 0.15) is 38.7 Å². The number of hydrogen-bond donors (Lipinski definition) is 0. The Hall–Kier alpha value is -1.97. The summed E-state index contributed by atoms with van der Waals surface area (Å²) in [5.41, 5.74) is 1.11. The van der Waals surface area contributed by atoms with Crippen molar-refractivity contribution >= 4 is 5.91 Å². The highest BCUT2D eigenvalue weighted by Gasteiger charge is 2.29. The zero-order chi connectivity index (χ0) is 16.8. The predicted octanol–water partition coefficient (Wildman–Crippen LogP) is 3.59. The van der Waals surface area contributed by atoms with Gasteiger partial charge in [0.1, 0.15) is 0 Å². The van der Waals surface area contributed by atoms with E-state index in [4.69, 9.17) is 9.47 Å². The summed E-state index contributed by atoms with van der Waals surface area (Å²) in [4.78, 5) is 14.5. The third-order valence-electron chi connectivity index (χ3n) is 4.44. The largest absolute Gasteiger partial charge is 0.493 e. The Balaban J connectivity index is 2.02. The molecule has 0 saturated carbocycles. The number of hydrogen-bond acceptors (Lipinski definition) is 3. The van der Waals surface area contributed by atoms with Crippen LogP contribution in [-0.2, 0) is 11.2 Å². The molecule has 0 aromatic heterocycles. The number of nitrogens with zero attached hydrogens (tertiary/aromatic N) is 1. The Morgan fingerprint density at radius 3 is 2.61 bits per heavy atom. The summed E-state index contributed by atoms with van der Waals surface area (Å²) < 4.78 is 11.1. The number of methoxy groups -OCH3 is 1. The molecule has 126 valence electrons. The first-order chi connectivity index (χ1) is 11.1. The molecule has 0 bridgehead atoms. The smallest absolute Gasteiger partial charge is 0.260 e. The molecule has 4 nitrogen and oxygen atoms in total. The van der Waals surface area contributed by atoms with Crippen LogP contribution in [-0.4, -0.2) is 36.6 Å². The average Bonchev–Trinajstić information content (AvgIpc) is 2.53. The maximum absolute atomic E-state index is 12.5. The van der Waals surface area contributed by atoms with E-state index in [1.807, 2.05) is 29.2 Å². The number of amides is 1. The molecule has 1 amide bonds. The van der Waals surface area contributed by atoms with Crippen molar-refractivity contribution in [3.8, 4) is 11.5 Å². The van der Waals surface area contributed by atoms with Crippen LogP contribution in [0, 0.1) is 0 Å². The van der Waals surface area contributed by atoms with E-state index in [9.17, 15) is 4.79 Å². The molecule has 1 aliphatic heterocycles. The Bertz CT molecular complexity index is 546. The zero-order valence-corrected chi connectivity index (χ0v) is 14.4. The Kier molecular flexibility index (Phi) is 6.08. The molecular formula is C19H27NO3. The number of allylic oxidation sites excluding steroid dienone is 1. The quantitative estimate of drug-likeness (QED) is 0.753. The van der Waals surface area contributed by atoms with Gasteiger partial charge in [0.25, 0.3) is 5.91 Å². The van der Waals surface area contributed by atoms with Crippen LogP contribution < -0.4 is 9.47 Å². The van der Waals surface area contributed by atoms with Crippen molar-refractivity contribution in [2.24, 2.45) is 0 Å². The minimum atomic E-state index is 0.0434. The third-order valence-corrected chi connectivity index (χ3v) is 4.44. The van der Waals surface area contributed by atoms with Gasteiger partial charge in [-0.3, -0.25) is 4.79 Å². The Morgan fingerprint density at radius 2 is 2.00 bits per heavy atom. The molecular weight excluding hydrogens is 290 g/mol. The molecule has 1 aromatic rings. The second-order valence-corrected chi connectivity index (χ2v) is 6.20. The van der Waals surface area contributed by atoms with Crippen molar-refractivity contribution < 1.29 is 14.3 Å². The molecule has 2 rings (SSSR count). The van der Waals surface area contributed by atoms with E-state index in [1.165, 1.54) is 6.42 Å². The van der Waals surface area contributed by atoms with Crippen molar-refractivity contribution in [2.75, 3.05) is 13.7 Å². The maximum atomic E-state index is 12.5. The highest BCUT2D eigenvalue weighted by molar-refractivity contribution is 5.78. The second kappa shape index (κ2) is 8.04. The lowest BCUT2D eigenvalue weighted by Gasteiger charge is -2.39. The normalized spacial score (nSPS) is 20.9.